The predicted octanol–water partition coefficient (Wildman–Crippen LogP) is 2.84. The van der Waals surface area contributed by atoms with E-state index >= 15 is 0 Å². The maximum Gasteiger partial charge on any atom is 0.0820 e. The molecule has 0 bridgehead atoms. The van der Waals surface area contributed by atoms with Crippen molar-refractivity contribution in [1.82, 2.24) is 4.90 Å². The third kappa shape index (κ3) is 2.29. The Morgan fingerprint density at radius 1 is 0.947 bits per heavy atom. The fourth-order valence-electron chi connectivity index (χ4n) is 2.80. The summed E-state index contributed by atoms with van der Waals surface area (Å²) in [5.74, 6) is 0. The first kappa shape index (κ1) is 12.4. The van der Waals surface area contributed by atoms with E-state index in [1.807, 2.05) is 12.1 Å². The van der Waals surface area contributed by atoms with Crippen molar-refractivity contribution >= 4 is 0 Å². The monoisotopic (exact) mass is 253 g/mol. The van der Waals surface area contributed by atoms with E-state index in [1.54, 1.807) is 0 Å². The Hall–Kier alpha value is -1.64. The van der Waals surface area contributed by atoms with E-state index in [-0.39, 0.29) is 18.2 Å². The smallest absolute Gasteiger partial charge is 0.0820 e. The topological polar surface area (TPSA) is 23.5 Å². The van der Waals surface area contributed by atoms with Gasteiger partial charge in [-0.1, -0.05) is 60.7 Å². The summed E-state index contributed by atoms with van der Waals surface area (Å²) in [6, 6.07) is 21.5. The lowest BCUT2D eigenvalue weighted by atomic mass is 9.90. The van der Waals surface area contributed by atoms with Gasteiger partial charge in [0, 0.05) is 12.6 Å². The largest absolute Gasteiger partial charge is 0.390 e. The minimum Gasteiger partial charge on any atom is -0.390 e. The lowest BCUT2D eigenvalue weighted by Gasteiger charge is -2.48. The van der Waals surface area contributed by atoms with Crippen LogP contribution < -0.4 is 0 Å². The molecule has 0 aliphatic carbocycles. The molecule has 2 aromatic rings. The first-order valence-corrected chi connectivity index (χ1v) is 6.81. The van der Waals surface area contributed by atoms with Crippen molar-refractivity contribution in [3.8, 4) is 0 Å². The van der Waals surface area contributed by atoms with E-state index in [1.165, 1.54) is 11.1 Å². The fourth-order valence-corrected chi connectivity index (χ4v) is 2.80. The minimum atomic E-state index is -0.199. The highest BCUT2D eigenvalue weighted by molar-refractivity contribution is 5.32. The van der Waals surface area contributed by atoms with E-state index in [2.05, 4.69) is 60.4 Å². The summed E-state index contributed by atoms with van der Waals surface area (Å²) in [7, 11) is 0. The van der Waals surface area contributed by atoms with Crippen LogP contribution in [0.5, 0.6) is 0 Å². The Bertz CT molecular complexity index is 486. The van der Waals surface area contributed by atoms with Gasteiger partial charge < -0.3 is 5.11 Å². The number of hydrogen-bond acceptors (Lipinski definition) is 2. The highest BCUT2D eigenvalue weighted by atomic mass is 16.3. The molecule has 2 aromatic carbocycles. The highest BCUT2D eigenvalue weighted by Crippen LogP contribution is 2.35. The van der Waals surface area contributed by atoms with E-state index in [0.717, 1.165) is 6.54 Å². The zero-order valence-electron chi connectivity index (χ0n) is 11.1. The molecule has 2 atom stereocenters. The van der Waals surface area contributed by atoms with E-state index in [0.29, 0.717) is 0 Å². The van der Waals surface area contributed by atoms with Crippen molar-refractivity contribution in [3.63, 3.8) is 0 Å². The third-order valence-electron chi connectivity index (χ3n) is 4.04. The van der Waals surface area contributed by atoms with Crippen molar-refractivity contribution in [2.24, 2.45) is 0 Å². The van der Waals surface area contributed by atoms with Crippen LogP contribution in [0.2, 0.25) is 0 Å². The Kier molecular flexibility index (Phi) is 3.36. The van der Waals surface area contributed by atoms with E-state index in [9.17, 15) is 5.11 Å². The van der Waals surface area contributed by atoms with Gasteiger partial charge in [0.1, 0.15) is 0 Å². The summed E-state index contributed by atoms with van der Waals surface area (Å²) in [4.78, 5) is 2.36. The fraction of sp³-hybridized carbons (Fsp3) is 0.294. The van der Waals surface area contributed by atoms with Crippen LogP contribution in [0.25, 0.3) is 0 Å². The van der Waals surface area contributed by atoms with Gasteiger partial charge in [0.15, 0.2) is 0 Å². The molecule has 19 heavy (non-hydrogen) atoms. The van der Waals surface area contributed by atoms with Crippen LogP contribution >= 0.6 is 0 Å². The zero-order chi connectivity index (χ0) is 13.2. The van der Waals surface area contributed by atoms with Crippen LogP contribution in [0.1, 0.15) is 24.1 Å². The summed E-state index contributed by atoms with van der Waals surface area (Å²) in [6.07, 6.45) is -0.199. The third-order valence-corrected chi connectivity index (χ3v) is 4.04. The Labute approximate surface area is 114 Å². The molecule has 1 N–H and O–H groups in total. The number of rotatable bonds is 3. The summed E-state index contributed by atoms with van der Waals surface area (Å²) < 4.78 is 0. The van der Waals surface area contributed by atoms with Crippen LogP contribution in [-0.4, -0.2) is 28.7 Å². The van der Waals surface area contributed by atoms with Crippen LogP contribution in [0.15, 0.2) is 60.7 Å². The minimum absolute atomic E-state index is 0.199. The Morgan fingerprint density at radius 3 is 1.79 bits per heavy atom. The number of aliphatic hydroxyl groups excluding tert-OH is 1. The van der Waals surface area contributed by atoms with Crippen LogP contribution in [-0.2, 0) is 0 Å². The first-order chi connectivity index (χ1) is 9.27. The zero-order valence-corrected chi connectivity index (χ0v) is 11.1. The molecule has 3 rings (SSSR count). The molecule has 0 amide bonds. The van der Waals surface area contributed by atoms with Gasteiger partial charge in [0.05, 0.1) is 12.1 Å². The maximum absolute atomic E-state index is 9.79. The molecule has 98 valence electrons. The van der Waals surface area contributed by atoms with Crippen LogP contribution in [0.3, 0.4) is 0 Å². The predicted molar refractivity (Wildman–Crippen MR) is 76.9 cm³/mol. The van der Waals surface area contributed by atoms with Gasteiger partial charge >= 0.3 is 0 Å². The molecule has 2 nitrogen and oxygen atoms in total. The van der Waals surface area contributed by atoms with Crippen molar-refractivity contribution in [1.29, 1.82) is 0 Å². The van der Waals surface area contributed by atoms with Crippen molar-refractivity contribution in [2.45, 2.75) is 25.1 Å². The molecule has 0 spiro atoms. The highest BCUT2D eigenvalue weighted by Gasteiger charge is 2.39. The number of nitrogens with zero attached hydrogens (tertiary/aromatic N) is 1. The molecule has 2 heteroatoms. The second kappa shape index (κ2) is 5.16. The quantitative estimate of drug-likeness (QED) is 0.909. The number of likely N-dealkylation sites (tertiary alicyclic amines) is 1. The maximum atomic E-state index is 9.79. The van der Waals surface area contributed by atoms with Crippen LogP contribution in [0, 0.1) is 0 Å². The summed E-state index contributed by atoms with van der Waals surface area (Å²) in [5.41, 5.74) is 2.57. The normalized spacial score (nSPS) is 23.3. The van der Waals surface area contributed by atoms with Gasteiger partial charge in [0.2, 0.25) is 0 Å². The molecule has 1 aliphatic heterocycles. The van der Waals surface area contributed by atoms with Crippen molar-refractivity contribution in [2.75, 3.05) is 6.54 Å². The molecule has 1 aliphatic rings. The van der Waals surface area contributed by atoms with Gasteiger partial charge in [-0.3, -0.25) is 4.90 Å². The summed E-state index contributed by atoms with van der Waals surface area (Å²) in [6.45, 7) is 2.84. The number of aliphatic hydroxyl groups is 1. The van der Waals surface area contributed by atoms with Crippen LogP contribution in [0.4, 0.5) is 0 Å². The average Bonchev–Trinajstić information content (AvgIpc) is 2.49. The Morgan fingerprint density at radius 2 is 1.42 bits per heavy atom. The standard InChI is InChI=1S/C17H19NO/c1-13-16(19)12-18(13)17(14-8-4-2-5-9-14)15-10-6-3-7-11-15/h2-11,13,16-17,19H,12H2,1H3/t13-,16-/m0/s1. The molecule has 1 fully saturated rings. The van der Waals surface area contributed by atoms with E-state index < -0.39 is 0 Å². The average molecular weight is 253 g/mol. The number of benzene rings is 2. The molecular weight excluding hydrogens is 234 g/mol. The SMILES string of the molecule is C[C@H]1[C@@H](O)CN1C(c1ccccc1)c1ccccc1. The Balaban J connectivity index is 1.97. The van der Waals surface area contributed by atoms with Gasteiger partial charge in [0.25, 0.3) is 0 Å². The molecule has 0 unspecified atom stereocenters. The lowest BCUT2D eigenvalue weighted by molar-refractivity contribution is -0.0693. The summed E-state index contributed by atoms with van der Waals surface area (Å²) >= 11 is 0. The molecular formula is C17H19NO. The van der Waals surface area contributed by atoms with Crippen molar-refractivity contribution < 1.29 is 5.11 Å². The van der Waals surface area contributed by atoms with Crippen molar-refractivity contribution in [3.05, 3.63) is 71.8 Å². The summed E-state index contributed by atoms with van der Waals surface area (Å²) in [5, 5.41) is 9.79. The first-order valence-electron chi connectivity index (χ1n) is 6.81. The number of β-amino-alcohol motifs (C(OH)–C–C–N with tert-alkyl or cyclic N) is 1. The second-order valence-corrected chi connectivity index (χ2v) is 5.23. The molecule has 0 saturated carbocycles. The van der Waals surface area contributed by atoms with Gasteiger partial charge in [-0.15, -0.1) is 0 Å². The molecule has 1 saturated heterocycles. The van der Waals surface area contributed by atoms with E-state index in [4.69, 9.17) is 0 Å². The van der Waals surface area contributed by atoms with Gasteiger partial charge in [-0.25, -0.2) is 0 Å². The molecule has 1 heterocycles. The van der Waals surface area contributed by atoms with Gasteiger partial charge in [-0.2, -0.15) is 0 Å². The van der Waals surface area contributed by atoms with Gasteiger partial charge in [-0.05, 0) is 18.1 Å². The lowest BCUT2D eigenvalue weighted by Crippen LogP contribution is -2.59. The molecule has 0 aromatic heterocycles. The number of hydrogen-bond donors (Lipinski definition) is 1. The second-order valence-electron chi connectivity index (χ2n) is 5.23. The molecule has 0 radical (unpaired) electrons.